The van der Waals surface area contributed by atoms with E-state index in [1.807, 2.05) is 30.3 Å². The summed E-state index contributed by atoms with van der Waals surface area (Å²) < 4.78 is 17.6. The molecule has 0 atom stereocenters. The normalized spacial score (nSPS) is 9.94. The van der Waals surface area contributed by atoms with Gasteiger partial charge in [-0.15, -0.1) is 0 Å². The first-order chi connectivity index (χ1) is 8.24. The molecule has 2 rings (SSSR count). The summed E-state index contributed by atoms with van der Waals surface area (Å²) in [6.07, 6.45) is -0.587. The molecule has 1 amide bonds. The monoisotopic (exact) mass is 251 g/mol. The van der Waals surface area contributed by atoms with E-state index in [1.165, 1.54) is 12.1 Å². The molecular weight excluding hydrogens is 241 g/mol. The fraction of sp³-hybridized carbons (Fsp3) is 0.0833. The number of ether oxygens (including phenoxy) is 1. The molecule has 0 spiro atoms. The van der Waals surface area contributed by atoms with E-state index in [0.29, 0.717) is 5.00 Å². The van der Waals surface area contributed by atoms with Crippen molar-refractivity contribution in [3.63, 3.8) is 0 Å². The summed E-state index contributed by atoms with van der Waals surface area (Å²) in [6.45, 7) is 0.195. The zero-order valence-electron chi connectivity index (χ0n) is 8.85. The summed E-state index contributed by atoms with van der Waals surface area (Å²) in [5, 5.41) is 2.54. The van der Waals surface area contributed by atoms with Crippen LogP contribution < -0.4 is 5.32 Å². The van der Waals surface area contributed by atoms with Crippen molar-refractivity contribution in [1.82, 2.24) is 0 Å². The lowest BCUT2D eigenvalue weighted by atomic mass is 10.2. The molecule has 0 unspecified atom stereocenters. The van der Waals surface area contributed by atoms with Gasteiger partial charge < -0.3 is 4.74 Å². The Morgan fingerprint density at radius 3 is 2.65 bits per heavy atom. The van der Waals surface area contributed by atoms with E-state index < -0.39 is 6.09 Å². The van der Waals surface area contributed by atoms with Crippen LogP contribution in [-0.4, -0.2) is 6.09 Å². The molecule has 1 N–H and O–H groups in total. The van der Waals surface area contributed by atoms with Crippen LogP contribution in [0.15, 0.2) is 42.5 Å². The van der Waals surface area contributed by atoms with Crippen molar-refractivity contribution in [2.24, 2.45) is 0 Å². The zero-order valence-corrected chi connectivity index (χ0v) is 9.67. The molecule has 2 aromatic rings. The third-order valence-electron chi connectivity index (χ3n) is 2.01. The first kappa shape index (κ1) is 11.6. The van der Waals surface area contributed by atoms with E-state index in [2.05, 4.69) is 5.32 Å². The molecular formula is C12H10FNO2S. The number of benzene rings is 1. The lowest BCUT2D eigenvalue weighted by molar-refractivity contribution is 0.155. The van der Waals surface area contributed by atoms with Crippen LogP contribution in [0.1, 0.15) is 5.56 Å². The highest BCUT2D eigenvalue weighted by molar-refractivity contribution is 7.14. The van der Waals surface area contributed by atoms with Crippen LogP contribution in [0.25, 0.3) is 0 Å². The van der Waals surface area contributed by atoms with Gasteiger partial charge in [0.15, 0.2) is 5.13 Å². The van der Waals surface area contributed by atoms with Gasteiger partial charge in [0.25, 0.3) is 0 Å². The van der Waals surface area contributed by atoms with Crippen molar-refractivity contribution < 1.29 is 13.9 Å². The Morgan fingerprint density at radius 2 is 2.00 bits per heavy atom. The van der Waals surface area contributed by atoms with Crippen molar-refractivity contribution in [1.29, 1.82) is 0 Å². The third-order valence-corrected chi connectivity index (χ3v) is 2.80. The van der Waals surface area contributed by atoms with E-state index in [9.17, 15) is 9.18 Å². The molecule has 88 valence electrons. The highest BCUT2D eigenvalue weighted by Gasteiger charge is 2.05. The molecule has 17 heavy (non-hydrogen) atoms. The molecule has 0 radical (unpaired) electrons. The van der Waals surface area contributed by atoms with Gasteiger partial charge in [0, 0.05) is 0 Å². The summed E-state index contributed by atoms with van der Waals surface area (Å²) in [7, 11) is 0. The number of halogens is 1. The predicted octanol–water partition coefficient (Wildman–Crippen LogP) is 3.64. The van der Waals surface area contributed by atoms with Crippen LogP contribution in [0.2, 0.25) is 0 Å². The molecule has 0 aliphatic heterocycles. The first-order valence-corrected chi connectivity index (χ1v) is 5.79. The Morgan fingerprint density at radius 1 is 1.24 bits per heavy atom. The van der Waals surface area contributed by atoms with Crippen LogP contribution >= 0.6 is 11.3 Å². The van der Waals surface area contributed by atoms with Crippen molar-refractivity contribution in [3.8, 4) is 0 Å². The molecule has 0 saturated heterocycles. The minimum Gasteiger partial charge on any atom is -0.444 e. The van der Waals surface area contributed by atoms with Gasteiger partial charge in [-0.25, -0.2) is 4.79 Å². The molecule has 1 heterocycles. The SMILES string of the molecule is O=C(Nc1ccc(F)s1)OCc1ccccc1. The molecule has 5 heteroatoms. The van der Waals surface area contributed by atoms with Gasteiger partial charge in [-0.2, -0.15) is 4.39 Å². The number of rotatable bonds is 3. The fourth-order valence-corrected chi connectivity index (χ4v) is 1.86. The minimum absolute atomic E-state index is 0.195. The maximum absolute atomic E-state index is 12.7. The summed E-state index contributed by atoms with van der Waals surface area (Å²) in [4.78, 5) is 11.3. The Labute approximate surface area is 102 Å². The van der Waals surface area contributed by atoms with Crippen LogP contribution in [0.3, 0.4) is 0 Å². The van der Waals surface area contributed by atoms with E-state index in [0.717, 1.165) is 16.9 Å². The summed E-state index contributed by atoms with van der Waals surface area (Å²) >= 11 is 0.859. The molecule has 1 aromatic carbocycles. The van der Waals surface area contributed by atoms with Gasteiger partial charge >= 0.3 is 6.09 Å². The van der Waals surface area contributed by atoms with Gasteiger partial charge in [-0.1, -0.05) is 41.7 Å². The van der Waals surface area contributed by atoms with Crippen molar-refractivity contribution in [2.45, 2.75) is 6.61 Å². The van der Waals surface area contributed by atoms with Gasteiger partial charge in [-0.3, -0.25) is 5.32 Å². The molecule has 0 bridgehead atoms. The van der Waals surface area contributed by atoms with Crippen LogP contribution in [0.4, 0.5) is 14.2 Å². The molecule has 0 aliphatic carbocycles. The second kappa shape index (κ2) is 5.45. The maximum atomic E-state index is 12.7. The highest BCUT2D eigenvalue weighted by atomic mass is 32.1. The molecule has 0 fully saturated rings. The van der Waals surface area contributed by atoms with Gasteiger partial charge in [0.05, 0.1) is 0 Å². The predicted molar refractivity (Wildman–Crippen MR) is 64.5 cm³/mol. The minimum atomic E-state index is -0.587. The standard InChI is InChI=1S/C12H10FNO2S/c13-10-6-7-11(17-10)14-12(15)16-8-9-4-2-1-3-5-9/h1-7H,8H2,(H,14,15). The maximum Gasteiger partial charge on any atom is 0.412 e. The van der Waals surface area contributed by atoms with Gasteiger partial charge in [0.2, 0.25) is 0 Å². The van der Waals surface area contributed by atoms with E-state index in [-0.39, 0.29) is 11.7 Å². The van der Waals surface area contributed by atoms with E-state index in [1.54, 1.807) is 0 Å². The lowest BCUT2D eigenvalue weighted by Gasteiger charge is -2.04. The van der Waals surface area contributed by atoms with Crippen molar-refractivity contribution in [3.05, 3.63) is 53.2 Å². The average molecular weight is 251 g/mol. The number of hydrogen-bond acceptors (Lipinski definition) is 3. The molecule has 1 aromatic heterocycles. The summed E-state index contributed by atoms with van der Waals surface area (Å²) in [5.41, 5.74) is 0.903. The number of carbonyl (C=O) groups is 1. The topological polar surface area (TPSA) is 38.3 Å². The van der Waals surface area contributed by atoms with Crippen LogP contribution in [0, 0.1) is 5.13 Å². The smallest absolute Gasteiger partial charge is 0.412 e. The van der Waals surface area contributed by atoms with Crippen molar-refractivity contribution in [2.75, 3.05) is 5.32 Å². The quantitative estimate of drug-likeness (QED) is 0.904. The number of hydrogen-bond donors (Lipinski definition) is 1. The number of amides is 1. The van der Waals surface area contributed by atoms with E-state index in [4.69, 9.17) is 4.74 Å². The summed E-state index contributed by atoms with van der Waals surface area (Å²) in [5.74, 6) is 0. The number of nitrogens with one attached hydrogen (secondary N) is 1. The van der Waals surface area contributed by atoms with Crippen molar-refractivity contribution >= 4 is 22.4 Å². The molecule has 0 aliphatic rings. The Balaban J connectivity index is 1.82. The fourth-order valence-electron chi connectivity index (χ4n) is 1.24. The first-order valence-electron chi connectivity index (χ1n) is 4.97. The second-order valence-electron chi connectivity index (χ2n) is 3.29. The number of anilines is 1. The Bertz CT molecular complexity index is 498. The van der Waals surface area contributed by atoms with Crippen LogP contribution in [-0.2, 0) is 11.3 Å². The second-order valence-corrected chi connectivity index (χ2v) is 4.32. The van der Waals surface area contributed by atoms with Gasteiger partial charge in [0.1, 0.15) is 11.6 Å². The molecule has 0 saturated carbocycles. The zero-order chi connectivity index (χ0) is 12.1. The summed E-state index contributed by atoms with van der Waals surface area (Å²) in [6, 6.07) is 12.1. The average Bonchev–Trinajstić information content (AvgIpc) is 2.73. The van der Waals surface area contributed by atoms with Crippen LogP contribution in [0.5, 0.6) is 0 Å². The number of thiophene rings is 1. The lowest BCUT2D eigenvalue weighted by Crippen LogP contribution is -2.12. The third kappa shape index (κ3) is 3.57. The largest absolute Gasteiger partial charge is 0.444 e. The Kier molecular flexibility index (Phi) is 3.72. The van der Waals surface area contributed by atoms with E-state index >= 15 is 0 Å². The van der Waals surface area contributed by atoms with Gasteiger partial charge in [-0.05, 0) is 17.7 Å². The number of carbonyl (C=O) groups excluding carboxylic acids is 1. The Hall–Kier alpha value is -1.88. The highest BCUT2D eigenvalue weighted by Crippen LogP contribution is 2.20. The molecule has 3 nitrogen and oxygen atoms in total.